The van der Waals surface area contributed by atoms with Gasteiger partial charge in [-0.05, 0) is 29.8 Å². The van der Waals surface area contributed by atoms with Gasteiger partial charge in [-0.3, -0.25) is 4.90 Å². The highest BCUT2D eigenvalue weighted by atomic mass is 35.5. The molecule has 2 heterocycles. The van der Waals surface area contributed by atoms with E-state index in [0.29, 0.717) is 0 Å². The maximum atomic E-state index is 13.0. The first kappa shape index (κ1) is 18.7. The van der Waals surface area contributed by atoms with Crippen LogP contribution in [-0.4, -0.2) is 49.4 Å². The maximum absolute atomic E-state index is 13.0. The van der Waals surface area contributed by atoms with Crippen molar-refractivity contribution in [1.29, 1.82) is 0 Å². The molecule has 6 heteroatoms. The van der Waals surface area contributed by atoms with Crippen LogP contribution in [-0.2, 0) is 4.84 Å². The zero-order valence-corrected chi connectivity index (χ0v) is 15.4. The summed E-state index contributed by atoms with van der Waals surface area (Å²) in [5.41, 5.74) is 3.15. The number of hydrogen-bond donors (Lipinski definition) is 0. The number of anilines is 1. The standard InChI is InChI=1S/C20H22FN3O.ClH/c21-17-8-6-16(7-9-17)20-14-19(25-22-20)15-23-10-12-24(13-11-23)18-4-2-1-3-5-18;/h1-9,19H,10-15H2;1H. The lowest BCUT2D eigenvalue weighted by Gasteiger charge is -2.36. The van der Waals surface area contributed by atoms with Crippen LogP contribution in [0.2, 0.25) is 0 Å². The van der Waals surface area contributed by atoms with Gasteiger partial charge in [0.25, 0.3) is 0 Å². The molecule has 2 aliphatic rings. The molecule has 2 aromatic rings. The van der Waals surface area contributed by atoms with Gasteiger partial charge in [0.2, 0.25) is 0 Å². The molecule has 26 heavy (non-hydrogen) atoms. The SMILES string of the molecule is Cl.Fc1ccc(C2=NOC(CN3CCN(c4ccccc4)CC3)C2)cc1. The van der Waals surface area contributed by atoms with Crippen LogP contribution in [0.4, 0.5) is 10.1 Å². The van der Waals surface area contributed by atoms with Crippen molar-refractivity contribution in [2.75, 3.05) is 37.6 Å². The lowest BCUT2D eigenvalue weighted by molar-refractivity contribution is 0.0510. The minimum atomic E-state index is -0.226. The monoisotopic (exact) mass is 375 g/mol. The van der Waals surface area contributed by atoms with Gasteiger partial charge in [-0.25, -0.2) is 4.39 Å². The van der Waals surface area contributed by atoms with Gasteiger partial charge in [-0.2, -0.15) is 0 Å². The van der Waals surface area contributed by atoms with E-state index in [-0.39, 0.29) is 24.3 Å². The molecule has 4 nitrogen and oxygen atoms in total. The van der Waals surface area contributed by atoms with E-state index in [1.165, 1.54) is 17.8 Å². The Hall–Kier alpha value is -2.11. The molecule has 1 fully saturated rings. The van der Waals surface area contributed by atoms with E-state index in [2.05, 4.69) is 45.3 Å². The normalized spacial score (nSPS) is 20.3. The summed E-state index contributed by atoms with van der Waals surface area (Å²) in [7, 11) is 0. The number of piperazine rings is 1. The van der Waals surface area contributed by atoms with Crippen LogP contribution in [0.15, 0.2) is 59.8 Å². The fourth-order valence-electron chi connectivity index (χ4n) is 3.45. The van der Waals surface area contributed by atoms with Crippen LogP contribution in [0.5, 0.6) is 0 Å². The Bertz CT molecular complexity index is 730. The molecule has 1 atom stereocenters. The molecule has 1 unspecified atom stereocenters. The highest BCUT2D eigenvalue weighted by Gasteiger charge is 2.26. The summed E-state index contributed by atoms with van der Waals surface area (Å²) in [6.45, 7) is 5.00. The molecule has 0 saturated carbocycles. The lowest BCUT2D eigenvalue weighted by atomic mass is 10.0. The second kappa shape index (κ2) is 8.52. The Morgan fingerprint density at radius 3 is 2.35 bits per heavy atom. The summed E-state index contributed by atoms with van der Waals surface area (Å²) in [6, 6.07) is 17.0. The van der Waals surface area contributed by atoms with Gasteiger partial charge in [0.1, 0.15) is 11.9 Å². The van der Waals surface area contributed by atoms with E-state index >= 15 is 0 Å². The number of halogens is 2. The summed E-state index contributed by atoms with van der Waals surface area (Å²) in [5.74, 6) is -0.226. The summed E-state index contributed by atoms with van der Waals surface area (Å²) in [4.78, 5) is 10.5. The first-order valence-corrected chi connectivity index (χ1v) is 8.79. The van der Waals surface area contributed by atoms with Crippen LogP contribution in [0.3, 0.4) is 0 Å². The van der Waals surface area contributed by atoms with E-state index in [9.17, 15) is 4.39 Å². The van der Waals surface area contributed by atoms with E-state index < -0.39 is 0 Å². The fraction of sp³-hybridized carbons (Fsp3) is 0.350. The Labute approximate surface area is 159 Å². The number of benzene rings is 2. The molecule has 1 saturated heterocycles. The Morgan fingerprint density at radius 1 is 0.962 bits per heavy atom. The highest BCUT2D eigenvalue weighted by Crippen LogP contribution is 2.20. The zero-order valence-electron chi connectivity index (χ0n) is 14.6. The average Bonchev–Trinajstić information content (AvgIpc) is 3.12. The second-order valence-corrected chi connectivity index (χ2v) is 6.60. The topological polar surface area (TPSA) is 28.1 Å². The third-order valence-corrected chi connectivity index (χ3v) is 4.87. The van der Waals surface area contributed by atoms with E-state index in [1.807, 2.05) is 0 Å². The predicted molar refractivity (Wildman–Crippen MR) is 105 cm³/mol. The predicted octanol–water partition coefficient (Wildman–Crippen LogP) is 3.56. The molecule has 0 aliphatic carbocycles. The minimum absolute atomic E-state index is 0. The third-order valence-electron chi connectivity index (χ3n) is 4.87. The van der Waals surface area contributed by atoms with Gasteiger partial charge >= 0.3 is 0 Å². The quantitative estimate of drug-likeness (QED) is 0.817. The smallest absolute Gasteiger partial charge is 0.145 e. The molecule has 0 amide bonds. The summed E-state index contributed by atoms with van der Waals surface area (Å²) >= 11 is 0. The second-order valence-electron chi connectivity index (χ2n) is 6.60. The van der Waals surface area contributed by atoms with Gasteiger partial charge in [0.05, 0.1) is 5.71 Å². The lowest BCUT2D eigenvalue weighted by Crippen LogP contribution is -2.48. The van der Waals surface area contributed by atoms with Crippen molar-refractivity contribution < 1.29 is 9.23 Å². The van der Waals surface area contributed by atoms with Crippen molar-refractivity contribution in [3.63, 3.8) is 0 Å². The molecule has 2 aromatic carbocycles. The molecule has 0 spiro atoms. The van der Waals surface area contributed by atoms with Gasteiger partial charge in [-0.1, -0.05) is 35.5 Å². The summed E-state index contributed by atoms with van der Waals surface area (Å²) in [5, 5.41) is 4.20. The molecule has 0 aromatic heterocycles. The van der Waals surface area contributed by atoms with Crippen molar-refractivity contribution >= 4 is 23.8 Å². The zero-order chi connectivity index (χ0) is 17.1. The Morgan fingerprint density at radius 2 is 1.65 bits per heavy atom. The van der Waals surface area contributed by atoms with E-state index in [1.54, 1.807) is 12.1 Å². The van der Waals surface area contributed by atoms with Crippen LogP contribution in [0.25, 0.3) is 0 Å². The van der Waals surface area contributed by atoms with Crippen molar-refractivity contribution in [2.45, 2.75) is 12.5 Å². The van der Waals surface area contributed by atoms with Gasteiger partial charge < -0.3 is 9.74 Å². The molecular formula is C20H23ClFN3O. The fourth-order valence-corrected chi connectivity index (χ4v) is 3.45. The van der Waals surface area contributed by atoms with Crippen LogP contribution in [0.1, 0.15) is 12.0 Å². The van der Waals surface area contributed by atoms with E-state index in [4.69, 9.17) is 4.84 Å². The van der Waals surface area contributed by atoms with Gasteiger partial charge in [-0.15, -0.1) is 12.4 Å². The Balaban J connectivity index is 0.00000196. The minimum Gasteiger partial charge on any atom is -0.390 e. The number of rotatable bonds is 4. The summed E-state index contributed by atoms with van der Waals surface area (Å²) in [6.07, 6.45) is 0.869. The van der Waals surface area contributed by atoms with Crippen molar-refractivity contribution in [1.82, 2.24) is 4.90 Å². The molecule has 4 rings (SSSR count). The van der Waals surface area contributed by atoms with Crippen molar-refractivity contribution in [3.8, 4) is 0 Å². The highest BCUT2D eigenvalue weighted by molar-refractivity contribution is 6.01. The largest absolute Gasteiger partial charge is 0.390 e. The maximum Gasteiger partial charge on any atom is 0.145 e. The summed E-state index contributed by atoms with van der Waals surface area (Å²) < 4.78 is 13.0. The third kappa shape index (κ3) is 4.34. The number of hydrogen-bond acceptors (Lipinski definition) is 4. The first-order chi connectivity index (χ1) is 12.3. The molecule has 138 valence electrons. The molecular weight excluding hydrogens is 353 g/mol. The number of para-hydroxylation sites is 1. The molecule has 0 N–H and O–H groups in total. The molecule has 0 bridgehead atoms. The van der Waals surface area contributed by atoms with Gasteiger partial charge in [0, 0.05) is 44.8 Å². The molecule has 0 radical (unpaired) electrons. The first-order valence-electron chi connectivity index (χ1n) is 8.79. The van der Waals surface area contributed by atoms with E-state index in [0.717, 1.165) is 50.4 Å². The van der Waals surface area contributed by atoms with Crippen LogP contribution in [0, 0.1) is 5.82 Å². The number of oxime groups is 1. The van der Waals surface area contributed by atoms with Crippen molar-refractivity contribution in [3.05, 3.63) is 66.0 Å². The van der Waals surface area contributed by atoms with Crippen LogP contribution >= 0.6 is 12.4 Å². The van der Waals surface area contributed by atoms with Gasteiger partial charge in [0.15, 0.2) is 0 Å². The Kier molecular flexibility index (Phi) is 6.12. The molecule has 2 aliphatic heterocycles. The van der Waals surface area contributed by atoms with Crippen LogP contribution < -0.4 is 4.90 Å². The van der Waals surface area contributed by atoms with Crippen molar-refractivity contribution in [2.24, 2.45) is 5.16 Å². The number of nitrogens with zero attached hydrogens (tertiary/aromatic N) is 3. The average molecular weight is 376 g/mol.